The van der Waals surface area contributed by atoms with Crippen molar-refractivity contribution in [1.29, 1.82) is 0 Å². The van der Waals surface area contributed by atoms with Crippen LogP contribution in [-0.2, 0) is 27.4 Å². The Labute approximate surface area is 293 Å². The van der Waals surface area contributed by atoms with Crippen molar-refractivity contribution in [3.05, 3.63) is 71.8 Å². The van der Waals surface area contributed by atoms with Crippen LogP contribution in [0.4, 0.5) is 9.59 Å². The number of hydrogen-bond donors (Lipinski definition) is 3. The normalized spacial score (nSPS) is 13.6. The van der Waals surface area contributed by atoms with Crippen LogP contribution in [-0.4, -0.2) is 99.7 Å². The predicted molar refractivity (Wildman–Crippen MR) is 193 cm³/mol. The third-order valence-corrected chi connectivity index (χ3v) is 8.07. The van der Waals surface area contributed by atoms with Crippen LogP contribution in [0.15, 0.2) is 60.7 Å². The maximum Gasteiger partial charge on any atom is 0.410 e. The van der Waals surface area contributed by atoms with Crippen LogP contribution in [0.1, 0.15) is 79.9 Å². The molecule has 0 saturated carbocycles. The number of nitrogens with zero attached hydrogens (tertiary/aromatic N) is 3. The third-order valence-electron chi connectivity index (χ3n) is 8.07. The van der Waals surface area contributed by atoms with Crippen molar-refractivity contribution >= 4 is 23.9 Å². The molecule has 11 heteroatoms. The molecule has 0 bridgehead atoms. The average molecular weight is 682 g/mol. The SMILES string of the molecule is CC(C)CCN(C[C@@H](O)[C@H](Cc1ccccc1)NC(=O)CN(C(=O)[C@@H](C)N(C)C(=O)OCc1ccccc1)C(C)(C)C)C(=O)NC(C)(C)C. The minimum Gasteiger partial charge on any atom is -0.445 e. The second kappa shape index (κ2) is 18.6. The lowest BCUT2D eigenvalue weighted by molar-refractivity contribution is -0.144. The van der Waals surface area contributed by atoms with Gasteiger partial charge < -0.3 is 30.3 Å². The maximum atomic E-state index is 13.8. The van der Waals surface area contributed by atoms with Gasteiger partial charge in [0.15, 0.2) is 0 Å². The molecule has 2 rings (SSSR count). The van der Waals surface area contributed by atoms with E-state index < -0.39 is 47.2 Å². The molecule has 0 radical (unpaired) electrons. The third kappa shape index (κ3) is 14.5. The second-order valence-electron chi connectivity index (χ2n) is 15.2. The first-order valence-corrected chi connectivity index (χ1v) is 17.1. The number of likely N-dealkylation sites (N-methyl/N-ethyl adjacent to an activating group) is 1. The fourth-order valence-electron chi connectivity index (χ4n) is 5.01. The lowest BCUT2D eigenvalue weighted by atomic mass is 10.00. The first kappa shape index (κ1) is 41.1. The van der Waals surface area contributed by atoms with Gasteiger partial charge in [0.2, 0.25) is 11.8 Å². The zero-order valence-corrected chi connectivity index (χ0v) is 31.2. The summed E-state index contributed by atoms with van der Waals surface area (Å²) < 4.78 is 5.43. The van der Waals surface area contributed by atoms with Gasteiger partial charge in [0.25, 0.3) is 0 Å². The van der Waals surface area contributed by atoms with E-state index in [1.807, 2.05) is 102 Å². The quantitative estimate of drug-likeness (QED) is 0.237. The molecule has 0 fully saturated rings. The summed E-state index contributed by atoms with van der Waals surface area (Å²) in [6.07, 6.45) is -0.714. The molecule has 3 atom stereocenters. The minimum atomic E-state index is -1.11. The van der Waals surface area contributed by atoms with Gasteiger partial charge in [-0.25, -0.2) is 9.59 Å². The highest BCUT2D eigenvalue weighted by Crippen LogP contribution is 2.18. The molecular formula is C38H59N5O6. The van der Waals surface area contributed by atoms with E-state index in [1.54, 1.807) is 11.8 Å². The molecule has 0 aromatic heterocycles. The van der Waals surface area contributed by atoms with E-state index in [0.717, 1.165) is 17.5 Å². The van der Waals surface area contributed by atoms with Crippen molar-refractivity contribution < 1.29 is 29.0 Å². The van der Waals surface area contributed by atoms with E-state index in [-0.39, 0.29) is 25.7 Å². The van der Waals surface area contributed by atoms with Gasteiger partial charge >= 0.3 is 12.1 Å². The maximum absolute atomic E-state index is 13.8. The molecule has 0 unspecified atom stereocenters. The summed E-state index contributed by atoms with van der Waals surface area (Å²) in [7, 11) is 1.49. The Balaban J connectivity index is 2.23. The highest BCUT2D eigenvalue weighted by molar-refractivity contribution is 5.90. The predicted octanol–water partition coefficient (Wildman–Crippen LogP) is 5.22. The molecule has 11 nitrogen and oxygen atoms in total. The van der Waals surface area contributed by atoms with E-state index in [0.29, 0.717) is 18.9 Å². The highest BCUT2D eigenvalue weighted by atomic mass is 16.6. The molecule has 49 heavy (non-hydrogen) atoms. The van der Waals surface area contributed by atoms with E-state index in [2.05, 4.69) is 24.5 Å². The van der Waals surface area contributed by atoms with E-state index in [9.17, 15) is 24.3 Å². The van der Waals surface area contributed by atoms with Gasteiger partial charge in [0.05, 0.1) is 18.7 Å². The van der Waals surface area contributed by atoms with Crippen molar-refractivity contribution in [3.8, 4) is 0 Å². The number of nitrogens with one attached hydrogen (secondary N) is 2. The number of carbonyl (C=O) groups is 4. The van der Waals surface area contributed by atoms with Crippen molar-refractivity contribution in [2.24, 2.45) is 5.92 Å². The molecular weight excluding hydrogens is 622 g/mol. The van der Waals surface area contributed by atoms with Gasteiger partial charge in [0, 0.05) is 24.7 Å². The number of ether oxygens (including phenoxy) is 1. The number of benzene rings is 2. The second-order valence-corrected chi connectivity index (χ2v) is 15.2. The van der Waals surface area contributed by atoms with Gasteiger partial charge in [-0.3, -0.25) is 14.5 Å². The van der Waals surface area contributed by atoms with Crippen LogP contribution < -0.4 is 10.6 Å². The Bertz CT molecular complexity index is 1340. The fraction of sp³-hybridized carbons (Fsp3) is 0.579. The standard InChI is InChI=1S/C38H59N5O6/c1-27(2)21-22-42(35(47)40-37(4,5)6)24-32(44)31(23-29-17-13-11-14-18-29)39-33(45)25-43(38(7,8)9)34(46)28(3)41(10)36(48)49-26-30-19-15-12-16-20-30/h11-20,27-28,31-32,44H,21-26H2,1-10H3,(H,39,45)(H,40,47)/t28-,31+,32-/m1/s1. The summed E-state index contributed by atoms with van der Waals surface area (Å²) in [5.74, 6) is -0.562. The van der Waals surface area contributed by atoms with Crippen LogP contribution in [0.5, 0.6) is 0 Å². The molecule has 0 heterocycles. The van der Waals surface area contributed by atoms with Crippen LogP contribution in [0.25, 0.3) is 0 Å². The van der Waals surface area contributed by atoms with Crippen LogP contribution >= 0.6 is 0 Å². The largest absolute Gasteiger partial charge is 0.445 e. The summed E-state index contributed by atoms with van der Waals surface area (Å²) >= 11 is 0. The lowest BCUT2D eigenvalue weighted by Gasteiger charge is -2.39. The fourth-order valence-corrected chi connectivity index (χ4v) is 5.01. The zero-order chi connectivity index (χ0) is 36.9. The molecule has 0 aliphatic heterocycles. The number of rotatable bonds is 15. The molecule has 3 N–H and O–H groups in total. The van der Waals surface area contributed by atoms with Gasteiger partial charge in [-0.05, 0) is 78.4 Å². The first-order chi connectivity index (χ1) is 22.8. The lowest BCUT2D eigenvalue weighted by Crippen LogP contribution is -2.59. The molecule has 0 aliphatic rings. The topological polar surface area (TPSA) is 132 Å². The van der Waals surface area contributed by atoms with Gasteiger partial charge in [0.1, 0.15) is 19.2 Å². The molecule has 2 aromatic carbocycles. The number of amides is 5. The van der Waals surface area contributed by atoms with Crippen molar-refractivity contribution in [3.63, 3.8) is 0 Å². The zero-order valence-electron chi connectivity index (χ0n) is 31.2. The summed E-state index contributed by atoms with van der Waals surface area (Å²) in [4.78, 5) is 57.9. The number of urea groups is 1. The molecule has 2 aromatic rings. The molecule has 0 saturated heterocycles. The average Bonchev–Trinajstić information content (AvgIpc) is 3.02. The molecule has 0 spiro atoms. The molecule has 272 valence electrons. The van der Waals surface area contributed by atoms with E-state index >= 15 is 0 Å². The Morgan fingerprint density at radius 3 is 1.92 bits per heavy atom. The Kier molecular flexibility index (Phi) is 15.6. The smallest absolute Gasteiger partial charge is 0.410 e. The summed E-state index contributed by atoms with van der Waals surface area (Å²) in [5, 5.41) is 17.5. The number of carbonyl (C=O) groups excluding carboxylic acids is 4. The van der Waals surface area contributed by atoms with E-state index in [1.165, 1.54) is 16.8 Å². The number of hydrogen-bond acceptors (Lipinski definition) is 6. The monoisotopic (exact) mass is 681 g/mol. The van der Waals surface area contributed by atoms with Crippen LogP contribution in [0, 0.1) is 5.92 Å². The van der Waals surface area contributed by atoms with Crippen LogP contribution in [0.3, 0.4) is 0 Å². The minimum absolute atomic E-state index is 0.00124. The summed E-state index contributed by atoms with van der Waals surface area (Å²) in [6, 6.07) is 16.8. The number of aliphatic hydroxyl groups excluding tert-OH is 1. The van der Waals surface area contributed by atoms with Gasteiger partial charge in [-0.1, -0.05) is 74.5 Å². The van der Waals surface area contributed by atoms with Crippen LogP contribution in [0.2, 0.25) is 0 Å². The summed E-state index contributed by atoms with van der Waals surface area (Å²) in [5.41, 5.74) is 0.473. The Morgan fingerprint density at radius 1 is 0.857 bits per heavy atom. The van der Waals surface area contributed by atoms with Crippen molar-refractivity contribution in [1.82, 2.24) is 25.3 Å². The molecule has 5 amide bonds. The van der Waals surface area contributed by atoms with Crippen molar-refractivity contribution in [2.45, 2.75) is 111 Å². The first-order valence-electron chi connectivity index (χ1n) is 17.1. The number of aliphatic hydroxyl groups is 1. The van der Waals surface area contributed by atoms with Gasteiger partial charge in [-0.2, -0.15) is 0 Å². The Hall–Kier alpha value is -4.12. The van der Waals surface area contributed by atoms with Gasteiger partial charge in [-0.15, -0.1) is 0 Å². The van der Waals surface area contributed by atoms with E-state index in [4.69, 9.17) is 4.74 Å². The highest BCUT2D eigenvalue weighted by Gasteiger charge is 2.36. The summed E-state index contributed by atoms with van der Waals surface area (Å²) in [6.45, 7) is 17.1. The van der Waals surface area contributed by atoms with Crippen molar-refractivity contribution in [2.75, 3.05) is 26.7 Å². The molecule has 0 aliphatic carbocycles. The Morgan fingerprint density at radius 2 is 1.41 bits per heavy atom.